The third-order valence-electron chi connectivity index (χ3n) is 3.22. The molecule has 0 aromatic heterocycles. The van der Waals surface area contributed by atoms with Crippen molar-refractivity contribution >= 4 is 5.91 Å². The van der Waals surface area contributed by atoms with Gasteiger partial charge in [-0.3, -0.25) is 9.63 Å². The molecule has 0 bridgehead atoms. The zero-order valence-electron chi connectivity index (χ0n) is 8.89. The highest BCUT2D eigenvalue weighted by Crippen LogP contribution is 2.30. The number of piperidine rings is 1. The first-order chi connectivity index (χ1) is 7.22. The molecule has 0 aromatic carbocycles. The number of carbonyl (C=O) groups excluding carboxylic acids is 1. The van der Waals surface area contributed by atoms with Crippen molar-refractivity contribution in [2.75, 3.05) is 26.9 Å². The van der Waals surface area contributed by atoms with Crippen LogP contribution in [0.25, 0.3) is 0 Å². The average molecular weight is 215 g/mol. The first-order valence-corrected chi connectivity index (χ1v) is 5.33. The number of ether oxygens (including phenoxy) is 1. The van der Waals surface area contributed by atoms with E-state index >= 15 is 0 Å². The van der Waals surface area contributed by atoms with E-state index in [-0.39, 0.29) is 24.3 Å². The van der Waals surface area contributed by atoms with Crippen LogP contribution < -0.4 is 0 Å². The van der Waals surface area contributed by atoms with E-state index in [4.69, 9.17) is 9.57 Å². The fourth-order valence-electron chi connectivity index (χ4n) is 2.36. The summed E-state index contributed by atoms with van der Waals surface area (Å²) in [7, 11) is 1.46. The Morgan fingerprint density at radius 1 is 1.60 bits per heavy atom. The van der Waals surface area contributed by atoms with Crippen LogP contribution >= 0.6 is 0 Å². The highest BCUT2D eigenvalue weighted by molar-refractivity contribution is 5.79. The minimum Gasteiger partial charge on any atom is -0.391 e. The lowest BCUT2D eigenvalue weighted by Gasteiger charge is -2.35. The Labute approximate surface area is 88.9 Å². The summed E-state index contributed by atoms with van der Waals surface area (Å²) >= 11 is 0. The smallest absolute Gasteiger partial charge is 0.249 e. The van der Waals surface area contributed by atoms with Crippen LogP contribution in [0.4, 0.5) is 0 Å². The molecular weight excluding hydrogens is 198 g/mol. The van der Waals surface area contributed by atoms with Gasteiger partial charge in [-0.25, -0.2) is 5.06 Å². The van der Waals surface area contributed by atoms with Gasteiger partial charge in [0.05, 0.1) is 26.4 Å². The number of rotatable bonds is 2. The number of aliphatic hydroxyl groups excluding tert-OH is 1. The summed E-state index contributed by atoms with van der Waals surface area (Å²) < 4.78 is 5.27. The summed E-state index contributed by atoms with van der Waals surface area (Å²) in [6.07, 6.45) is 0.959. The number of amides is 1. The predicted octanol–water partition coefficient (Wildman–Crippen LogP) is -0.206. The maximum absolute atomic E-state index is 11.9. The molecule has 2 aliphatic rings. The molecule has 2 saturated heterocycles. The van der Waals surface area contributed by atoms with Gasteiger partial charge in [0.25, 0.3) is 0 Å². The Bertz CT molecular complexity index is 240. The molecule has 0 saturated carbocycles. The van der Waals surface area contributed by atoms with E-state index in [1.165, 1.54) is 12.2 Å². The van der Waals surface area contributed by atoms with E-state index in [2.05, 4.69) is 0 Å². The van der Waals surface area contributed by atoms with Crippen molar-refractivity contribution in [1.29, 1.82) is 0 Å². The Hall–Kier alpha value is -0.650. The van der Waals surface area contributed by atoms with Crippen molar-refractivity contribution < 1.29 is 19.5 Å². The third kappa shape index (κ3) is 2.14. The number of β-amino-alcohol motifs (C(OH)–C–C–N with tert-alkyl or cyclic N) is 1. The molecule has 5 nitrogen and oxygen atoms in total. The number of hydroxylamine groups is 2. The van der Waals surface area contributed by atoms with Gasteiger partial charge in [0, 0.05) is 12.5 Å². The van der Waals surface area contributed by atoms with Gasteiger partial charge in [-0.05, 0) is 18.8 Å². The molecule has 0 spiro atoms. The fourth-order valence-corrected chi connectivity index (χ4v) is 2.36. The van der Waals surface area contributed by atoms with E-state index in [1.54, 1.807) is 0 Å². The molecule has 15 heavy (non-hydrogen) atoms. The molecule has 3 atom stereocenters. The largest absolute Gasteiger partial charge is 0.391 e. The van der Waals surface area contributed by atoms with E-state index in [0.29, 0.717) is 13.0 Å². The van der Waals surface area contributed by atoms with Crippen LogP contribution in [0.5, 0.6) is 0 Å². The zero-order chi connectivity index (χ0) is 10.8. The van der Waals surface area contributed by atoms with Gasteiger partial charge in [-0.15, -0.1) is 0 Å². The monoisotopic (exact) mass is 215 g/mol. The maximum atomic E-state index is 11.9. The quantitative estimate of drug-likeness (QED) is 0.692. The zero-order valence-corrected chi connectivity index (χ0v) is 8.89. The van der Waals surface area contributed by atoms with Gasteiger partial charge >= 0.3 is 0 Å². The van der Waals surface area contributed by atoms with Gasteiger partial charge in [-0.2, -0.15) is 0 Å². The minimum absolute atomic E-state index is 0.0155. The normalized spacial score (nSPS) is 37.3. The van der Waals surface area contributed by atoms with Gasteiger partial charge in [0.1, 0.15) is 0 Å². The Kier molecular flexibility index (Phi) is 3.23. The Balaban J connectivity index is 2.05. The van der Waals surface area contributed by atoms with Crippen molar-refractivity contribution in [3.05, 3.63) is 0 Å². The third-order valence-corrected chi connectivity index (χ3v) is 3.22. The second kappa shape index (κ2) is 4.47. The van der Waals surface area contributed by atoms with Crippen molar-refractivity contribution in [1.82, 2.24) is 5.06 Å². The van der Waals surface area contributed by atoms with Gasteiger partial charge in [-0.1, -0.05) is 0 Å². The second-order valence-corrected chi connectivity index (χ2v) is 4.20. The molecular formula is C10H17NO4. The van der Waals surface area contributed by atoms with E-state index in [0.717, 1.165) is 13.0 Å². The summed E-state index contributed by atoms with van der Waals surface area (Å²) in [6.45, 7) is 1.62. The highest BCUT2D eigenvalue weighted by Gasteiger charge is 2.40. The predicted molar refractivity (Wildman–Crippen MR) is 51.8 cm³/mol. The molecule has 2 rings (SSSR count). The number of aliphatic hydroxyl groups is 1. The first-order valence-electron chi connectivity index (χ1n) is 5.33. The molecule has 0 radical (unpaired) electrons. The highest BCUT2D eigenvalue weighted by atomic mass is 16.7. The van der Waals surface area contributed by atoms with Crippen molar-refractivity contribution in [3.8, 4) is 0 Å². The van der Waals surface area contributed by atoms with Crippen molar-refractivity contribution in [2.45, 2.75) is 18.9 Å². The Morgan fingerprint density at radius 3 is 3.00 bits per heavy atom. The van der Waals surface area contributed by atoms with Crippen LogP contribution in [0.15, 0.2) is 0 Å². The molecule has 2 heterocycles. The van der Waals surface area contributed by atoms with Crippen molar-refractivity contribution in [2.24, 2.45) is 11.8 Å². The number of hydrogen-bond donors (Lipinski definition) is 1. The summed E-state index contributed by atoms with van der Waals surface area (Å²) in [5.74, 6) is 0.0830. The molecule has 86 valence electrons. The van der Waals surface area contributed by atoms with Crippen LogP contribution in [0.2, 0.25) is 0 Å². The van der Waals surface area contributed by atoms with Crippen molar-refractivity contribution in [3.63, 3.8) is 0 Å². The Morgan fingerprint density at radius 2 is 2.40 bits per heavy atom. The minimum atomic E-state index is -0.478. The first kappa shape index (κ1) is 10.9. The standard InChI is InChI=1S/C10H17NO4/c1-14-11-5-8(12)4-9(10(11)13)7-2-3-15-6-7/h7-9,12H,2-6H2,1H3. The van der Waals surface area contributed by atoms with Gasteiger partial charge in [0.2, 0.25) is 5.91 Å². The van der Waals surface area contributed by atoms with Crippen LogP contribution in [0, 0.1) is 11.8 Å². The topological polar surface area (TPSA) is 59.0 Å². The molecule has 5 heteroatoms. The van der Waals surface area contributed by atoms with E-state index in [9.17, 15) is 9.90 Å². The molecule has 1 N–H and O–H groups in total. The lowest BCUT2D eigenvalue weighted by molar-refractivity contribution is -0.199. The molecule has 2 fully saturated rings. The summed E-state index contributed by atoms with van der Waals surface area (Å²) in [6, 6.07) is 0. The number of hydrogen-bond acceptors (Lipinski definition) is 4. The summed E-state index contributed by atoms with van der Waals surface area (Å²) in [5.41, 5.74) is 0. The lowest BCUT2D eigenvalue weighted by atomic mass is 9.84. The molecule has 2 aliphatic heterocycles. The van der Waals surface area contributed by atoms with Crippen LogP contribution in [0.1, 0.15) is 12.8 Å². The van der Waals surface area contributed by atoms with E-state index < -0.39 is 6.10 Å². The number of nitrogens with zero attached hydrogens (tertiary/aromatic N) is 1. The summed E-state index contributed by atoms with van der Waals surface area (Å²) in [4.78, 5) is 16.9. The van der Waals surface area contributed by atoms with Gasteiger partial charge < -0.3 is 9.84 Å². The lowest BCUT2D eigenvalue weighted by Crippen LogP contribution is -2.49. The number of carbonyl (C=O) groups is 1. The molecule has 0 aromatic rings. The van der Waals surface area contributed by atoms with Crippen LogP contribution in [-0.4, -0.2) is 49.0 Å². The fraction of sp³-hybridized carbons (Fsp3) is 0.900. The molecule has 0 aliphatic carbocycles. The maximum Gasteiger partial charge on any atom is 0.249 e. The van der Waals surface area contributed by atoms with Crippen LogP contribution in [-0.2, 0) is 14.4 Å². The summed E-state index contributed by atoms with van der Waals surface area (Å²) in [5, 5.41) is 10.9. The van der Waals surface area contributed by atoms with Crippen LogP contribution in [0.3, 0.4) is 0 Å². The molecule has 1 amide bonds. The van der Waals surface area contributed by atoms with Gasteiger partial charge in [0.15, 0.2) is 0 Å². The SMILES string of the molecule is CON1CC(O)CC(C2CCOC2)C1=O. The second-order valence-electron chi connectivity index (χ2n) is 4.20. The van der Waals surface area contributed by atoms with E-state index in [1.807, 2.05) is 0 Å². The average Bonchev–Trinajstić information content (AvgIpc) is 2.74. The molecule has 3 unspecified atom stereocenters.